The molecule has 102 valence electrons. The van der Waals surface area contributed by atoms with E-state index in [2.05, 4.69) is 15.4 Å². The van der Waals surface area contributed by atoms with E-state index in [1.807, 2.05) is 30.5 Å². The Bertz CT molecular complexity index is 737. The second kappa shape index (κ2) is 5.08. The number of hydrogen-bond acceptors (Lipinski definition) is 5. The molecule has 0 bridgehead atoms. The fourth-order valence-electron chi connectivity index (χ4n) is 2.11. The lowest BCUT2D eigenvalue weighted by molar-refractivity contribution is 0.410. The van der Waals surface area contributed by atoms with Crippen LogP contribution in [0.1, 0.15) is 5.56 Å². The minimum atomic E-state index is 0.575. The van der Waals surface area contributed by atoms with Crippen LogP contribution in [0.15, 0.2) is 42.9 Å². The van der Waals surface area contributed by atoms with Gasteiger partial charge < -0.3 is 15.8 Å². The van der Waals surface area contributed by atoms with E-state index in [1.165, 1.54) is 0 Å². The van der Waals surface area contributed by atoms with Crippen molar-refractivity contribution in [1.29, 1.82) is 0 Å². The molecular formula is C14H15N5O. The molecule has 3 N–H and O–H groups in total. The Kier molecular flexibility index (Phi) is 3.12. The highest BCUT2D eigenvalue weighted by atomic mass is 16.5. The van der Waals surface area contributed by atoms with Crippen LogP contribution in [0.5, 0.6) is 5.75 Å². The molecule has 2 heterocycles. The summed E-state index contributed by atoms with van der Waals surface area (Å²) in [6.45, 7) is 0.575. The smallest absolute Gasteiger partial charge is 0.152 e. The lowest BCUT2D eigenvalue weighted by atomic mass is 10.1. The molecule has 2 aromatic heterocycles. The predicted molar refractivity (Wildman–Crippen MR) is 77.7 cm³/mol. The van der Waals surface area contributed by atoms with E-state index in [-0.39, 0.29) is 0 Å². The van der Waals surface area contributed by atoms with Gasteiger partial charge in [-0.15, -0.1) is 0 Å². The molecule has 0 fully saturated rings. The van der Waals surface area contributed by atoms with Crippen LogP contribution in [0.4, 0.5) is 11.5 Å². The van der Waals surface area contributed by atoms with Crippen molar-refractivity contribution < 1.29 is 4.74 Å². The lowest BCUT2D eigenvalue weighted by Crippen LogP contribution is -2.05. The fourth-order valence-corrected chi connectivity index (χ4v) is 2.11. The number of nitrogen functional groups attached to an aromatic ring is 1. The van der Waals surface area contributed by atoms with Gasteiger partial charge in [0.05, 0.1) is 13.3 Å². The Morgan fingerprint density at radius 3 is 3.05 bits per heavy atom. The second-order valence-electron chi connectivity index (χ2n) is 4.36. The number of aromatic nitrogens is 3. The molecule has 0 saturated heterocycles. The maximum absolute atomic E-state index is 5.81. The van der Waals surface area contributed by atoms with Crippen LogP contribution in [0, 0.1) is 0 Å². The average molecular weight is 269 g/mol. The molecule has 0 saturated carbocycles. The van der Waals surface area contributed by atoms with Gasteiger partial charge in [-0.1, -0.05) is 0 Å². The van der Waals surface area contributed by atoms with Gasteiger partial charge in [-0.2, -0.15) is 5.10 Å². The van der Waals surface area contributed by atoms with Gasteiger partial charge in [-0.25, -0.2) is 9.50 Å². The third kappa shape index (κ3) is 2.23. The molecule has 0 aliphatic rings. The molecule has 20 heavy (non-hydrogen) atoms. The van der Waals surface area contributed by atoms with E-state index in [1.54, 1.807) is 24.0 Å². The molecule has 3 aromatic rings. The van der Waals surface area contributed by atoms with Crippen LogP contribution in [0.2, 0.25) is 0 Å². The van der Waals surface area contributed by atoms with Crippen molar-refractivity contribution in [1.82, 2.24) is 14.6 Å². The van der Waals surface area contributed by atoms with Crippen molar-refractivity contribution in [3.8, 4) is 5.75 Å². The molecule has 0 aliphatic carbocycles. The van der Waals surface area contributed by atoms with Crippen molar-refractivity contribution in [2.75, 3.05) is 18.2 Å². The predicted octanol–water partition coefficient (Wildman–Crippen LogP) is 1.93. The SMILES string of the molecule is COc1ccc(N)cc1CNc1nccn2nccc12. The molecule has 0 atom stereocenters. The number of anilines is 2. The van der Waals surface area contributed by atoms with Crippen LogP contribution >= 0.6 is 0 Å². The zero-order valence-corrected chi connectivity index (χ0v) is 11.1. The summed E-state index contributed by atoms with van der Waals surface area (Å²) < 4.78 is 7.10. The topological polar surface area (TPSA) is 77.5 Å². The minimum Gasteiger partial charge on any atom is -0.496 e. The molecule has 3 rings (SSSR count). The summed E-state index contributed by atoms with van der Waals surface area (Å²) in [5, 5.41) is 7.46. The minimum absolute atomic E-state index is 0.575. The number of hydrogen-bond donors (Lipinski definition) is 2. The van der Waals surface area contributed by atoms with E-state index in [4.69, 9.17) is 10.5 Å². The fraction of sp³-hybridized carbons (Fsp3) is 0.143. The molecule has 0 aliphatic heterocycles. The summed E-state index contributed by atoms with van der Waals surface area (Å²) in [5.74, 6) is 1.57. The first-order valence-corrected chi connectivity index (χ1v) is 6.22. The Morgan fingerprint density at radius 1 is 1.30 bits per heavy atom. The molecule has 6 nitrogen and oxygen atoms in total. The van der Waals surface area contributed by atoms with Crippen LogP contribution < -0.4 is 15.8 Å². The number of rotatable bonds is 4. The van der Waals surface area contributed by atoms with E-state index in [0.29, 0.717) is 12.2 Å². The zero-order valence-electron chi connectivity index (χ0n) is 11.1. The van der Waals surface area contributed by atoms with Crippen molar-refractivity contribution in [2.45, 2.75) is 6.54 Å². The van der Waals surface area contributed by atoms with Crippen molar-refractivity contribution in [2.24, 2.45) is 0 Å². The van der Waals surface area contributed by atoms with Crippen LogP contribution in [-0.4, -0.2) is 21.7 Å². The first-order chi connectivity index (χ1) is 9.78. The summed E-state index contributed by atoms with van der Waals surface area (Å²) in [6, 6.07) is 7.48. The van der Waals surface area contributed by atoms with Gasteiger partial charge in [0, 0.05) is 30.2 Å². The number of fused-ring (bicyclic) bond motifs is 1. The van der Waals surface area contributed by atoms with E-state index in [9.17, 15) is 0 Å². The van der Waals surface area contributed by atoms with Gasteiger partial charge in [0.1, 0.15) is 11.3 Å². The summed E-state index contributed by atoms with van der Waals surface area (Å²) in [6.07, 6.45) is 5.25. The monoisotopic (exact) mass is 269 g/mol. The van der Waals surface area contributed by atoms with Crippen LogP contribution in [0.3, 0.4) is 0 Å². The Labute approximate surface area is 116 Å². The molecular weight excluding hydrogens is 254 g/mol. The van der Waals surface area contributed by atoms with Gasteiger partial charge >= 0.3 is 0 Å². The number of ether oxygens (including phenoxy) is 1. The van der Waals surface area contributed by atoms with Crippen LogP contribution in [0.25, 0.3) is 5.52 Å². The summed E-state index contributed by atoms with van der Waals surface area (Å²) in [7, 11) is 1.64. The van der Waals surface area contributed by atoms with Crippen molar-refractivity contribution in [3.63, 3.8) is 0 Å². The van der Waals surface area contributed by atoms with Gasteiger partial charge in [0.15, 0.2) is 5.82 Å². The molecule has 0 amide bonds. The third-order valence-corrected chi connectivity index (χ3v) is 3.08. The molecule has 0 unspecified atom stereocenters. The number of methoxy groups -OCH3 is 1. The lowest BCUT2D eigenvalue weighted by Gasteiger charge is -2.11. The molecule has 6 heteroatoms. The summed E-state index contributed by atoms with van der Waals surface area (Å²) in [5.41, 5.74) is 8.43. The standard InChI is InChI=1S/C14H15N5O/c1-20-13-3-2-11(15)8-10(13)9-17-14-12-4-5-18-19(12)7-6-16-14/h2-8H,9,15H2,1H3,(H,16,17). The summed E-state index contributed by atoms with van der Waals surface area (Å²) >= 11 is 0. The Hall–Kier alpha value is -2.76. The number of nitrogens with one attached hydrogen (secondary N) is 1. The van der Waals surface area contributed by atoms with Gasteiger partial charge in [0.2, 0.25) is 0 Å². The average Bonchev–Trinajstić information content (AvgIpc) is 2.94. The quantitative estimate of drug-likeness (QED) is 0.708. The normalized spacial score (nSPS) is 10.7. The maximum Gasteiger partial charge on any atom is 0.152 e. The number of nitrogens with two attached hydrogens (primary N) is 1. The molecule has 0 radical (unpaired) electrons. The molecule has 1 aromatic carbocycles. The van der Waals surface area contributed by atoms with E-state index >= 15 is 0 Å². The zero-order chi connectivity index (χ0) is 13.9. The highest BCUT2D eigenvalue weighted by Crippen LogP contribution is 2.22. The van der Waals surface area contributed by atoms with E-state index < -0.39 is 0 Å². The van der Waals surface area contributed by atoms with Crippen LogP contribution in [-0.2, 0) is 6.54 Å². The van der Waals surface area contributed by atoms with E-state index in [0.717, 1.165) is 22.6 Å². The Balaban J connectivity index is 1.86. The Morgan fingerprint density at radius 2 is 2.20 bits per heavy atom. The van der Waals surface area contributed by atoms with Crippen molar-refractivity contribution >= 4 is 17.0 Å². The van der Waals surface area contributed by atoms with Gasteiger partial charge in [-0.3, -0.25) is 0 Å². The summed E-state index contributed by atoms with van der Waals surface area (Å²) in [4.78, 5) is 4.33. The molecule has 0 spiro atoms. The van der Waals surface area contributed by atoms with Crippen molar-refractivity contribution in [3.05, 3.63) is 48.4 Å². The maximum atomic E-state index is 5.81. The number of benzene rings is 1. The highest BCUT2D eigenvalue weighted by Gasteiger charge is 2.06. The highest BCUT2D eigenvalue weighted by molar-refractivity contribution is 5.67. The van der Waals surface area contributed by atoms with Gasteiger partial charge in [0.25, 0.3) is 0 Å². The first kappa shape index (κ1) is 12.3. The first-order valence-electron chi connectivity index (χ1n) is 6.22. The second-order valence-corrected chi connectivity index (χ2v) is 4.36. The van der Waals surface area contributed by atoms with Gasteiger partial charge in [-0.05, 0) is 24.3 Å². The largest absolute Gasteiger partial charge is 0.496 e. The number of nitrogens with zero attached hydrogens (tertiary/aromatic N) is 3. The third-order valence-electron chi connectivity index (χ3n) is 3.08.